The van der Waals surface area contributed by atoms with Crippen LogP contribution in [0.5, 0.6) is 5.75 Å². The Morgan fingerprint density at radius 1 is 1.06 bits per heavy atom. The van der Waals surface area contributed by atoms with E-state index in [-0.39, 0.29) is 30.4 Å². The molecule has 1 N–H and O–H groups in total. The van der Waals surface area contributed by atoms with Gasteiger partial charge in [-0.3, -0.25) is 0 Å². The highest BCUT2D eigenvalue weighted by atomic mass is 32.2. The van der Waals surface area contributed by atoms with Gasteiger partial charge in [-0.25, -0.2) is 14.2 Å². The zero-order valence-corrected chi connectivity index (χ0v) is 20.1. The molecule has 35 heavy (non-hydrogen) atoms. The Balaban J connectivity index is 1.55. The van der Waals surface area contributed by atoms with Gasteiger partial charge in [0.15, 0.2) is 0 Å². The number of aliphatic imine (C=N–C) groups is 1. The summed E-state index contributed by atoms with van der Waals surface area (Å²) in [5, 5.41) is 11.2. The normalized spacial score (nSPS) is 15.6. The van der Waals surface area contributed by atoms with Crippen LogP contribution in [0.25, 0.3) is 6.08 Å². The van der Waals surface area contributed by atoms with Gasteiger partial charge in [0.2, 0.25) is 0 Å². The number of halogens is 1. The van der Waals surface area contributed by atoms with Crippen LogP contribution in [0.4, 0.5) is 10.1 Å². The highest BCUT2D eigenvalue weighted by Crippen LogP contribution is 2.40. The highest BCUT2D eigenvalue weighted by molar-refractivity contribution is 8.18. The monoisotopic (exact) mass is 489 g/mol. The molecule has 0 radical (unpaired) electrons. The molecule has 1 aliphatic heterocycles. The molecule has 3 aromatic rings. The molecule has 1 aliphatic rings. The van der Waals surface area contributed by atoms with Crippen LogP contribution in [-0.4, -0.2) is 22.7 Å². The smallest absolute Gasteiger partial charge is 0.344 e. The minimum Gasteiger partial charge on any atom is -0.506 e. The van der Waals surface area contributed by atoms with Crippen molar-refractivity contribution in [3.63, 3.8) is 0 Å². The van der Waals surface area contributed by atoms with Crippen molar-refractivity contribution < 1.29 is 23.8 Å². The molecule has 4 rings (SSSR count). The van der Waals surface area contributed by atoms with Gasteiger partial charge in [0.1, 0.15) is 34.5 Å². The summed E-state index contributed by atoms with van der Waals surface area (Å²) in [6, 6.07) is 21.2. The second-order valence-electron chi connectivity index (χ2n) is 7.76. The number of aryl methyl sites for hydroxylation is 1. The van der Waals surface area contributed by atoms with Crippen molar-refractivity contribution >= 4 is 34.5 Å². The summed E-state index contributed by atoms with van der Waals surface area (Å²) >= 11 is 1.20. The molecule has 1 heterocycles. The molecule has 0 aliphatic carbocycles. The number of nitrogens with zero attached hydrogens (tertiary/aromatic N) is 1. The molecule has 0 spiro atoms. The van der Waals surface area contributed by atoms with Crippen molar-refractivity contribution in [1.29, 1.82) is 0 Å². The van der Waals surface area contributed by atoms with Crippen LogP contribution in [0, 0.1) is 12.7 Å². The molecule has 0 atom stereocenters. The van der Waals surface area contributed by atoms with E-state index in [1.54, 1.807) is 43.3 Å². The van der Waals surface area contributed by atoms with Gasteiger partial charge in [-0.15, -0.1) is 0 Å². The van der Waals surface area contributed by atoms with E-state index in [1.165, 1.54) is 17.8 Å². The highest BCUT2D eigenvalue weighted by Gasteiger charge is 2.33. The zero-order valence-electron chi connectivity index (χ0n) is 19.3. The third-order valence-corrected chi connectivity index (χ3v) is 6.18. The number of aliphatic hydroxyl groups is 1. The van der Waals surface area contributed by atoms with Gasteiger partial charge in [0.25, 0.3) is 0 Å². The third kappa shape index (κ3) is 6.00. The van der Waals surface area contributed by atoms with Gasteiger partial charge in [0, 0.05) is 5.56 Å². The van der Waals surface area contributed by atoms with Crippen molar-refractivity contribution in [2.24, 2.45) is 4.99 Å². The Morgan fingerprint density at radius 2 is 1.77 bits per heavy atom. The van der Waals surface area contributed by atoms with Crippen LogP contribution in [0.3, 0.4) is 0 Å². The summed E-state index contributed by atoms with van der Waals surface area (Å²) in [7, 11) is 0. The van der Waals surface area contributed by atoms with Crippen LogP contribution < -0.4 is 4.74 Å². The molecule has 7 heteroatoms. The Bertz CT molecular complexity index is 1310. The number of ether oxygens (including phenoxy) is 2. The molecule has 0 saturated heterocycles. The Morgan fingerprint density at radius 3 is 2.46 bits per heavy atom. The molecule has 0 bridgehead atoms. The van der Waals surface area contributed by atoms with Crippen molar-refractivity contribution in [2.45, 2.75) is 20.5 Å². The maximum atomic E-state index is 13.8. The first-order valence-electron chi connectivity index (χ1n) is 11.1. The fraction of sp³-hybridized carbons (Fsp3) is 0.143. The summed E-state index contributed by atoms with van der Waals surface area (Å²) < 4.78 is 24.6. The number of hydrogen-bond donors (Lipinski definition) is 1. The Hall–Kier alpha value is -3.84. The number of carbonyl (C=O) groups is 1. The lowest BCUT2D eigenvalue weighted by molar-refractivity contribution is -0.138. The lowest BCUT2D eigenvalue weighted by Crippen LogP contribution is -2.12. The summed E-state index contributed by atoms with van der Waals surface area (Å²) in [5.41, 5.74) is 3.08. The summed E-state index contributed by atoms with van der Waals surface area (Å²) in [6.07, 6.45) is 1.76. The number of rotatable bonds is 7. The maximum Gasteiger partial charge on any atom is 0.344 e. The van der Waals surface area contributed by atoms with Crippen LogP contribution >= 0.6 is 11.8 Å². The lowest BCUT2D eigenvalue weighted by atomic mass is 10.1. The van der Waals surface area contributed by atoms with Crippen molar-refractivity contribution in [1.82, 2.24) is 0 Å². The number of esters is 1. The third-order valence-electron chi connectivity index (χ3n) is 5.16. The van der Waals surface area contributed by atoms with Crippen LogP contribution in [0.1, 0.15) is 23.6 Å². The van der Waals surface area contributed by atoms with E-state index in [1.807, 2.05) is 43.3 Å². The van der Waals surface area contributed by atoms with E-state index in [9.17, 15) is 14.3 Å². The lowest BCUT2D eigenvalue weighted by Gasteiger charge is -2.07. The molecular weight excluding hydrogens is 465 g/mol. The number of aliphatic hydroxyl groups excluding tert-OH is 1. The molecule has 0 unspecified atom stereocenters. The minimum absolute atomic E-state index is 0.0496. The van der Waals surface area contributed by atoms with E-state index in [0.29, 0.717) is 26.9 Å². The quantitative estimate of drug-likeness (QED) is 0.365. The van der Waals surface area contributed by atoms with Crippen LogP contribution in [0.2, 0.25) is 0 Å². The van der Waals surface area contributed by atoms with E-state index in [2.05, 4.69) is 4.99 Å². The van der Waals surface area contributed by atoms with Gasteiger partial charge in [-0.2, -0.15) is 0 Å². The van der Waals surface area contributed by atoms with Gasteiger partial charge in [0.05, 0.1) is 17.2 Å². The molecule has 0 saturated carbocycles. The molecule has 0 aromatic heterocycles. The van der Waals surface area contributed by atoms with E-state index in [4.69, 9.17) is 9.47 Å². The average molecular weight is 490 g/mol. The fourth-order valence-corrected chi connectivity index (χ4v) is 4.35. The SMILES string of the molecule is CCOC(=O)C1=C(O)C(=Cc2ccc(OCc3ccccc3F)cc2)SC1=Nc1ccc(C)cc1. The molecular formula is C28H24FNO4S. The first-order valence-corrected chi connectivity index (χ1v) is 11.9. The van der Waals surface area contributed by atoms with Crippen molar-refractivity contribution in [3.8, 4) is 5.75 Å². The predicted molar refractivity (Wildman–Crippen MR) is 137 cm³/mol. The van der Waals surface area contributed by atoms with Crippen LogP contribution in [-0.2, 0) is 16.1 Å². The fourth-order valence-electron chi connectivity index (χ4n) is 3.32. The molecule has 0 fully saturated rings. The predicted octanol–water partition coefficient (Wildman–Crippen LogP) is 6.91. The molecule has 3 aromatic carbocycles. The summed E-state index contributed by atoms with van der Waals surface area (Å²) in [5.74, 6) is -0.513. The second-order valence-corrected chi connectivity index (χ2v) is 8.79. The Kier molecular flexibility index (Phi) is 7.67. The summed E-state index contributed by atoms with van der Waals surface area (Å²) in [4.78, 5) is 17.6. The van der Waals surface area contributed by atoms with E-state index >= 15 is 0 Å². The second kappa shape index (κ2) is 11.1. The summed E-state index contributed by atoms with van der Waals surface area (Å²) in [6.45, 7) is 3.99. The first-order chi connectivity index (χ1) is 16.9. The molecule has 5 nitrogen and oxygen atoms in total. The van der Waals surface area contributed by atoms with E-state index in [0.717, 1.165) is 11.1 Å². The number of benzene rings is 3. The topological polar surface area (TPSA) is 68.1 Å². The van der Waals surface area contributed by atoms with Crippen molar-refractivity contribution in [2.75, 3.05) is 6.61 Å². The Labute approximate surface area is 207 Å². The first kappa shape index (κ1) is 24.3. The van der Waals surface area contributed by atoms with Gasteiger partial charge < -0.3 is 14.6 Å². The van der Waals surface area contributed by atoms with Gasteiger partial charge in [-0.05, 0) is 55.8 Å². The van der Waals surface area contributed by atoms with Gasteiger partial charge in [-0.1, -0.05) is 59.8 Å². The average Bonchev–Trinajstić information content (AvgIpc) is 3.15. The molecule has 178 valence electrons. The zero-order chi connectivity index (χ0) is 24.8. The number of carbonyl (C=O) groups excluding carboxylic acids is 1. The minimum atomic E-state index is -0.622. The number of hydrogen-bond acceptors (Lipinski definition) is 6. The van der Waals surface area contributed by atoms with E-state index < -0.39 is 5.97 Å². The number of thioether (sulfide) groups is 1. The largest absolute Gasteiger partial charge is 0.506 e. The standard InChI is InChI=1S/C28H24FNO4S/c1-3-33-28(32)25-26(31)24(35-27(25)30-21-12-8-18(2)9-13-21)16-19-10-14-22(15-11-19)34-17-20-6-4-5-7-23(20)29/h4-16,31H,3,17H2,1-2H3. The maximum absolute atomic E-state index is 13.8. The van der Waals surface area contributed by atoms with Gasteiger partial charge >= 0.3 is 5.97 Å². The molecule has 0 amide bonds. The van der Waals surface area contributed by atoms with Crippen molar-refractivity contribution in [3.05, 3.63) is 112 Å². The van der Waals surface area contributed by atoms with Crippen LogP contribution in [0.15, 0.2) is 94.0 Å².